The average Bonchev–Trinajstić information content (AvgIpc) is 2.60. The highest BCUT2D eigenvalue weighted by Gasteiger charge is 2.35. The van der Waals surface area contributed by atoms with E-state index in [0.717, 1.165) is 15.5 Å². The number of anilines is 2. The summed E-state index contributed by atoms with van der Waals surface area (Å²) in [6, 6.07) is 12.0. The van der Waals surface area contributed by atoms with Gasteiger partial charge in [-0.25, -0.2) is 8.42 Å². The SMILES string of the molecule is CSc1ccccc1NC(=O)[C@H]1CN(S(C)(=O)=O)c2cc(Cl)ccc2O1. The number of halogens is 1. The molecular formula is C17H17ClN2O4S2. The third-order valence-corrected chi connectivity index (χ3v) is 6.03. The Morgan fingerprint density at radius 3 is 2.73 bits per heavy atom. The van der Waals surface area contributed by atoms with E-state index in [4.69, 9.17) is 16.3 Å². The van der Waals surface area contributed by atoms with Crippen LogP contribution in [-0.4, -0.2) is 39.5 Å². The van der Waals surface area contributed by atoms with Crippen LogP contribution in [0.25, 0.3) is 0 Å². The second-order valence-electron chi connectivity index (χ2n) is 5.70. The first-order chi connectivity index (χ1) is 12.3. The maximum atomic E-state index is 12.7. The largest absolute Gasteiger partial charge is 0.476 e. The Balaban J connectivity index is 1.90. The molecule has 6 nitrogen and oxygen atoms in total. The van der Waals surface area contributed by atoms with Crippen molar-refractivity contribution >= 4 is 50.7 Å². The van der Waals surface area contributed by atoms with Crippen molar-refractivity contribution in [2.45, 2.75) is 11.0 Å². The van der Waals surface area contributed by atoms with Gasteiger partial charge in [0.15, 0.2) is 6.10 Å². The van der Waals surface area contributed by atoms with E-state index in [-0.39, 0.29) is 6.54 Å². The molecular weight excluding hydrogens is 396 g/mol. The Labute approximate surface area is 161 Å². The minimum atomic E-state index is -3.60. The Bertz CT molecular complexity index is 950. The molecule has 1 aliphatic rings. The number of hydrogen-bond donors (Lipinski definition) is 1. The zero-order chi connectivity index (χ0) is 18.9. The van der Waals surface area contributed by atoms with Crippen LogP contribution in [0.4, 0.5) is 11.4 Å². The standard InChI is InChI=1S/C17H17ClN2O4S2/c1-25-16-6-4-3-5-12(16)19-17(21)15-10-20(26(2,22)23)13-9-11(18)7-8-14(13)24-15/h3-9,15H,10H2,1-2H3,(H,19,21)/t15-/m1/s1. The summed E-state index contributed by atoms with van der Waals surface area (Å²) in [5, 5.41) is 3.20. The fraction of sp³-hybridized carbons (Fsp3) is 0.235. The number of sulfonamides is 1. The summed E-state index contributed by atoms with van der Waals surface area (Å²) in [5.41, 5.74) is 0.981. The first-order valence-corrected chi connectivity index (χ1v) is 11.1. The van der Waals surface area contributed by atoms with Crippen LogP contribution in [0.5, 0.6) is 5.75 Å². The van der Waals surface area contributed by atoms with Gasteiger partial charge in [-0.3, -0.25) is 9.10 Å². The number of carbonyl (C=O) groups is 1. The molecule has 0 unspecified atom stereocenters. The number of carbonyl (C=O) groups excluding carboxylic acids is 1. The summed E-state index contributed by atoms with van der Waals surface area (Å²) in [6.07, 6.45) is 2.02. The molecule has 1 aliphatic heterocycles. The Hall–Kier alpha value is -1.90. The summed E-state index contributed by atoms with van der Waals surface area (Å²) in [6.45, 7) is -0.126. The third-order valence-electron chi connectivity index (χ3n) is 3.85. The number of hydrogen-bond acceptors (Lipinski definition) is 5. The molecule has 1 amide bonds. The first kappa shape index (κ1) is 18.9. The van der Waals surface area contributed by atoms with Crippen molar-refractivity contribution in [3.8, 4) is 5.75 Å². The van der Waals surface area contributed by atoms with E-state index in [1.165, 1.54) is 17.8 Å². The van der Waals surface area contributed by atoms with Gasteiger partial charge in [0, 0.05) is 9.92 Å². The van der Waals surface area contributed by atoms with Crippen molar-refractivity contribution in [3.05, 3.63) is 47.5 Å². The van der Waals surface area contributed by atoms with E-state index in [0.29, 0.717) is 22.1 Å². The van der Waals surface area contributed by atoms with Crippen LogP contribution in [-0.2, 0) is 14.8 Å². The van der Waals surface area contributed by atoms with Crippen LogP contribution in [0.3, 0.4) is 0 Å². The molecule has 3 rings (SSSR count). The van der Waals surface area contributed by atoms with E-state index in [9.17, 15) is 13.2 Å². The minimum Gasteiger partial charge on any atom is -0.476 e. The normalized spacial score (nSPS) is 16.6. The maximum Gasteiger partial charge on any atom is 0.267 e. The van der Waals surface area contributed by atoms with Crippen LogP contribution in [0.2, 0.25) is 5.02 Å². The average molecular weight is 413 g/mol. The first-order valence-electron chi connectivity index (χ1n) is 7.67. The molecule has 0 radical (unpaired) electrons. The van der Waals surface area contributed by atoms with Gasteiger partial charge in [-0.05, 0) is 36.6 Å². The summed E-state index contributed by atoms with van der Waals surface area (Å²) in [7, 11) is -3.60. The van der Waals surface area contributed by atoms with E-state index < -0.39 is 22.0 Å². The van der Waals surface area contributed by atoms with E-state index >= 15 is 0 Å². The van der Waals surface area contributed by atoms with Gasteiger partial charge in [0.1, 0.15) is 5.75 Å². The maximum absolute atomic E-state index is 12.7. The second kappa shape index (κ2) is 7.38. The predicted octanol–water partition coefficient (Wildman–Crippen LogP) is 3.23. The van der Waals surface area contributed by atoms with Gasteiger partial charge in [0.05, 0.1) is 24.2 Å². The minimum absolute atomic E-state index is 0.126. The lowest BCUT2D eigenvalue weighted by atomic mass is 10.2. The highest BCUT2D eigenvalue weighted by molar-refractivity contribution is 7.98. The van der Waals surface area contributed by atoms with Crippen molar-refractivity contribution in [3.63, 3.8) is 0 Å². The summed E-state index contributed by atoms with van der Waals surface area (Å²) >= 11 is 7.48. The lowest BCUT2D eigenvalue weighted by molar-refractivity contribution is -0.122. The van der Waals surface area contributed by atoms with Gasteiger partial charge in [0.25, 0.3) is 5.91 Å². The van der Waals surface area contributed by atoms with Crippen LogP contribution in [0, 0.1) is 0 Å². The summed E-state index contributed by atoms with van der Waals surface area (Å²) in [4.78, 5) is 13.6. The zero-order valence-electron chi connectivity index (χ0n) is 14.1. The molecule has 0 spiro atoms. The molecule has 138 valence electrons. The van der Waals surface area contributed by atoms with Gasteiger partial charge in [-0.1, -0.05) is 23.7 Å². The van der Waals surface area contributed by atoms with Crippen molar-refractivity contribution in [1.82, 2.24) is 0 Å². The molecule has 0 aromatic heterocycles. The molecule has 1 N–H and O–H groups in total. The van der Waals surface area contributed by atoms with Crippen LogP contribution >= 0.6 is 23.4 Å². The van der Waals surface area contributed by atoms with Gasteiger partial charge >= 0.3 is 0 Å². The number of para-hydroxylation sites is 1. The smallest absolute Gasteiger partial charge is 0.267 e. The van der Waals surface area contributed by atoms with Crippen molar-refractivity contribution in [2.75, 3.05) is 28.7 Å². The fourth-order valence-corrected chi connectivity index (χ4v) is 4.26. The molecule has 0 aliphatic carbocycles. The number of nitrogens with one attached hydrogen (secondary N) is 1. The van der Waals surface area contributed by atoms with Gasteiger partial charge in [-0.2, -0.15) is 0 Å². The third kappa shape index (κ3) is 3.92. The van der Waals surface area contributed by atoms with E-state index in [2.05, 4.69) is 5.32 Å². The predicted molar refractivity (Wildman–Crippen MR) is 105 cm³/mol. The molecule has 0 fully saturated rings. The molecule has 2 aromatic rings. The van der Waals surface area contributed by atoms with Gasteiger partial charge < -0.3 is 10.1 Å². The van der Waals surface area contributed by atoms with Crippen molar-refractivity contribution < 1.29 is 17.9 Å². The Morgan fingerprint density at radius 2 is 2.04 bits per heavy atom. The number of thioether (sulfide) groups is 1. The van der Waals surface area contributed by atoms with Crippen molar-refractivity contribution in [2.24, 2.45) is 0 Å². The van der Waals surface area contributed by atoms with E-state index in [1.54, 1.807) is 18.2 Å². The fourth-order valence-electron chi connectivity index (χ4n) is 2.64. The molecule has 26 heavy (non-hydrogen) atoms. The Kier molecular flexibility index (Phi) is 5.36. The second-order valence-corrected chi connectivity index (χ2v) is 8.89. The van der Waals surface area contributed by atoms with Gasteiger partial charge in [0.2, 0.25) is 10.0 Å². The lowest BCUT2D eigenvalue weighted by Gasteiger charge is -2.34. The number of fused-ring (bicyclic) bond motifs is 1. The number of nitrogens with zero attached hydrogens (tertiary/aromatic N) is 1. The highest BCUT2D eigenvalue weighted by atomic mass is 35.5. The molecule has 9 heteroatoms. The number of amides is 1. The number of ether oxygens (including phenoxy) is 1. The summed E-state index contributed by atoms with van der Waals surface area (Å²) < 4.78 is 31.2. The molecule has 0 bridgehead atoms. The number of rotatable bonds is 4. The molecule has 1 atom stereocenters. The molecule has 2 aromatic carbocycles. The zero-order valence-corrected chi connectivity index (χ0v) is 16.5. The van der Waals surface area contributed by atoms with Crippen LogP contribution in [0.15, 0.2) is 47.4 Å². The quantitative estimate of drug-likeness (QED) is 0.780. The highest BCUT2D eigenvalue weighted by Crippen LogP contribution is 2.37. The van der Waals surface area contributed by atoms with E-state index in [1.807, 2.05) is 24.5 Å². The van der Waals surface area contributed by atoms with Gasteiger partial charge in [-0.15, -0.1) is 11.8 Å². The number of benzene rings is 2. The lowest BCUT2D eigenvalue weighted by Crippen LogP contribution is -2.48. The topological polar surface area (TPSA) is 75.7 Å². The Morgan fingerprint density at radius 1 is 1.31 bits per heavy atom. The van der Waals surface area contributed by atoms with Crippen LogP contribution in [0.1, 0.15) is 0 Å². The van der Waals surface area contributed by atoms with Crippen molar-refractivity contribution in [1.29, 1.82) is 0 Å². The molecule has 0 saturated carbocycles. The molecule has 1 heterocycles. The van der Waals surface area contributed by atoms with Crippen LogP contribution < -0.4 is 14.4 Å². The molecule has 0 saturated heterocycles. The monoisotopic (exact) mass is 412 g/mol. The summed E-state index contributed by atoms with van der Waals surface area (Å²) in [5.74, 6) is -0.120.